The van der Waals surface area contributed by atoms with Gasteiger partial charge in [0.05, 0.1) is 5.69 Å². The number of carbonyl (C=O) groups is 1. The molecule has 4 nitrogen and oxygen atoms in total. The monoisotopic (exact) mass is 245 g/mol. The average Bonchev–Trinajstić information content (AvgIpc) is 2.87. The Hall–Kier alpha value is -2.10. The van der Waals surface area contributed by atoms with Gasteiger partial charge in [-0.1, -0.05) is 49.3 Å². The Bertz CT molecular complexity index is 517. The summed E-state index contributed by atoms with van der Waals surface area (Å²) in [5, 5.41) is 3.82. The molecule has 0 saturated heterocycles. The third-order valence-electron chi connectivity index (χ3n) is 2.53. The number of ether oxygens (including phenoxy) is 1. The Labute approximate surface area is 106 Å². The zero-order valence-corrected chi connectivity index (χ0v) is 10.4. The van der Waals surface area contributed by atoms with Crippen molar-refractivity contribution in [1.82, 2.24) is 5.16 Å². The highest BCUT2D eigenvalue weighted by atomic mass is 16.6. The lowest BCUT2D eigenvalue weighted by molar-refractivity contribution is 0.0425. The normalized spacial score (nSPS) is 10.6. The molecule has 0 atom stereocenters. The van der Waals surface area contributed by atoms with E-state index in [1.54, 1.807) is 6.07 Å². The summed E-state index contributed by atoms with van der Waals surface area (Å²) >= 11 is 0. The molecule has 1 aromatic carbocycles. The smallest absolute Gasteiger partial charge is 0.377 e. The van der Waals surface area contributed by atoms with Crippen molar-refractivity contribution in [3.63, 3.8) is 0 Å². The summed E-state index contributed by atoms with van der Waals surface area (Å²) < 4.78 is 10.1. The molecule has 0 saturated carbocycles. The highest BCUT2D eigenvalue weighted by Gasteiger charge is 2.15. The van der Waals surface area contributed by atoms with Gasteiger partial charge in [0.2, 0.25) is 5.76 Å². The minimum Gasteiger partial charge on any atom is -0.455 e. The number of esters is 1. The third kappa shape index (κ3) is 2.97. The molecular formula is C14H15NO3. The van der Waals surface area contributed by atoms with Crippen LogP contribution in [-0.4, -0.2) is 11.1 Å². The first kappa shape index (κ1) is 12.4. The number of aromatic nitrogens is 1. The summed E-state index contributed by atoms with van der Waals surface area (Å²) in [6.07, 6.45) is 0. The molecule has 0 fully saturated rings. The molecule has 1 aromatic heterocycles. The first-order valence-electron chi connectivity index (χ1n) is 5.84. The van der Waals surface area contributed by atoms with Crippen LogP contribution in [0.2, 0.25) is 0 Å². The van der Waals surface area contributed by atoms with Crippen LogP contribution in [0.5, 0.6) is 0 Å². The van der Waals surface area contributed by atoms with Crippen molar-refractivity contribution in [3.05, 3.63) is 53.4 Å². The second kappa shape index (κ2) is 5.49. The number of rotatable bonds is 4. The van der Waals surface area contributed by atoms with Gasteiger partial charge in [0.25, 0.3) is 0 Å². The van der Waals surface area contributed by atoms with E-state index in [4.69, 9.17) is 9.26 Å². The Morgan fingerprint density at radius 3 is 2.67 bits per heavy atom. The highest BCUT2D eigenvalue weighted by molar-refractivity contribution is 5.86. The van der Waals surface area contributed by atoms with Crippen molar-refractivity contribution in [1.29, 1.82) is 0 Å². The number of benzene rings is 1. The van der Waals surface area contributed by atoms with Gasteiger partial charge in [-0.2, -0.15) is 0 Å². The van der Waals surface area contributed by atoms with Crippen molar-refractivity contribution in [2.45, 2.75) is 26.4 Å². The fourth-order valence-corrected chi connectivity index (χ4v) is 1.45. The van der Waals surface area contributed by atoms with Crippen LogP contribution in [0.4, 0.5) is 0 Å². The second-order valence-corrected chi connectivity index (χ2v) is 4.33. The number of hydrogen-bond acceptors (Lipinski definition) is 4. The van der Waals surface area contributed by atoms with Crippen LogP contribution in [0.3, 0.4) is 0 Å². The molecular weight excluding hydrogens is 230 g/mol. The van der Waals surface area contributed by atoms with Gasteiger partial charge in [-0.25, -0.2) is 4.79 Å². The largest absolute Gasteiger partial charge is 0.455 e. The van der Waals surface area contributed by atoms with Crippen LogP contribution in [0, 0.1) is 0 Å². The topological polar surface area (TPSA) is 52.3 Å². The molecule has 4 heteroatoms. The molecule has 94 valence electrons. The number of hydrogen-bond donors (Lipinski definition) is 0. The van der Waals surface area contributed by atoms with Gasteiger partial charge >= 0.3 is 5.97 Å². The molecule has 0 aliphatic carbocycles. The molecule has 0 unspecified atom stereocenters. The van der Waals surface area contributed by atoms with E-state index in [2.05, 4.69) is 5.16 Å². The van der Waals surface area contributed by atoms with E-state index >= 15 is 0 Å². The van der Waals surface area contributed by atoms with E-state index in [0.717, 1.165) is 11.3 Å². The van der Waals surface area contributed by atoms with Gasteiger partial charge in [-0.3, -0.25) is 0 Å². The van der Waals surface area contributed by atoms with Crippen molar-refractivity contribution in [2.75, 3.05) is 0 Å². The van der Waals surface area contributed by atoms with E-state index in [-0.39, 0.29) is 18.3 Å². The van der Waals surface area contributed by atoms with Gasteiger partial charge in [0.1, 0.15) is 6.61 Å². The van der Waals surface area contributed by atoms with E-state index < -0.39 is 5.97 Å². The Morgan fingerprint density at radius 1 is 1.33 bits per heavy atom. The molecule has 0 spiro atoms. The second-order valence-electron chi connectivity index (χ2n) is 4.33. The maximum absolute atomic E-state index is 11.7. The lowest BCUT2D eigenvalue weighted by atomic mass is 10.1. The zero-order valence-electron chi connectivity index (χ0n) is 10.4. The van der Waals surface area contributed by atoms with Gasteiger partial charge in [-0.05, 0) is 11.5 Å². The highest BCUT2D eigenvalue weighted by Crippen LogP contribution is 2.15. The average molecular weight is 245 g/mol. The van der Waals surface area contributed by atoms with Crippen LogP contribution in [0.15, 0.2) is 40.9 Å². The number of nitrogens with zero attached hydrogens (tertiary/aromatic N) is 1. The molecule has 0 N–H and O–H groups in total. The van der Waals surface area contributed by atoms with Crippen LogP contribution in [0.1, 0.15) is 41.6 Å². The molecule has 0 aliphatic heterocycles. The summed E-state index contributed by atoms with van der Waals surface area (Å²) in [5.74, 6) is -0.114. The Balaban J connectivity index is 1.95. The molecule has 1 heterocycles. The standard InChI is InChI=1S/C14H15NO3/c1-10(2)12-8-13(18-15-12)14(16)17-9-11-6-4-3-5-7-11/h3-8,10H,9H2,1-2H3. The summed E-state index contributed by atoms with van der Waals surface area (Å²) in [6.45, 7) is 4.20. The molecule has 0 bridgehead atoms. The number of carbonyl (C=O) groups excluding carboxylic acids is 1. The summed E-state index contributed by atoms with van der Waals surface area (Å²) in [7, 11) is 0. The molecule has 2 rings (SSSR count). The van der Waals surface area contributed by atoms with Crippen LogP contribution in [0.25, 0.3) is 0 Å². The molecule has 0 amide bonds. The maximum Gasteiger partial charge on any atom is 0.377 e. The van der Waals surface area contributed by atoms with Crippen molar-refractivity contribution in [2.24, 2.45) is 0 Å². The molecule has 2 aromatic rings. The van der Waals surface area contributed by atoms with Crippen molar-refractivity contribution in [3.8, 4) is 0 Å². The fraction of sp³-hybridized carbons (Fsp3) is 0.286. The minimum atomic E-state index is -0.488. The summed E-state index contributed by atoms with van der Waals surface area (Å²) in [4.78, 5) is 11.7. The van der Waals surface area contributed by atoms with Gasteiger partial charge in [0, 0.05) is 6.07 Å². The third-order valence-corrected chi connectivity index (χ3v) is 2.53. The molecule has 18 heavy (non-hydrogen) atoms. The SMILES string of the molecule is CC(C)c1cc(C(=O)OCc2ccccc2)on1. The van der Waals surface area contributed by atoms with E-state index in [1.807, 2.05) is 44.2 Å². The van der Waals surface area contributed by atoms with Crippen LogP contribution < -0.4 is 0 Å². The van der Waals surface area contributed by atoms with Gasteiger partial charge in [0.15, 0.2) is 0 Å². The van der Waals surface area contributed by atoms with Crippen LogP contribution >= 0.6 is 0 Å². The van der Waals surface area contributed by atoms with E-state index in [1.165, 1.54) is 0 Å². The molecule has 0 aliphatic rings. The zero-order chi connectivity index (χ0) is 13.0. The quantitative estimate of drug-likeness (QED) is 0.776. The minimum absolute atomic E-state index is 0.148. The molecule has 0 radical (unpaired) electrons. The Morgan fingerprint density at radius 2 is 2.06 bits per heavy atom. The van der Waals surface area contributed by atoms with Crippen molar-refractivity contribution >= 4 is 5.97 Å². The first-order valence-corrected chi connectivity index (χ1v) is 5.84. The van der Waals surface area contributed by atoms with E-state index in [0.29, 0.717) is 0 Å². The van der Waals surface area contributed by atoms with Gasteiger partial charge < -0.3 is 9.26 Å². The predicted molar refractivity (Wildman–Crippen MR) is 66.2 cm³/mol. The van der Waals surface area contributed by atoms with Gasteiger partial charge in [-0.15, -0.1) is 0 Å². The lowest BCUT2D eigenvalue weighted by Gasteiger charge is -2.01. The maximum atomic E-state index is 11.7. The first-order chi connectivity index (χ1) is 8.66. The summed E-state index contributed by atoms with van der Waals surface area (Å²) in [6, 6.07) is 11.1. The Kier molecular flexibility index (Phi) is 3.77. The fourth-order valence-electron chi connectivity index (χ4n) is 1.45. The van der Waals surface area contributed by atoms with E-state index in [9.17, 15) is 4.79 Å². The summed E-state index contributed by atoms with van der Waals surface area (Å²) in [5.41, 5.74) is 1.69. The van der Waals surface area contributed by atoms with Crippen LogP contribution in [-0.2, 0) is 11.3 Å². The lowest BCUT2D eigenvalue weighted by Crippen LogP contribution is -2.03. The van der Waals surface area contributed by atoms with Crippen molar-refractivity contribution < 1.29 is 14.1 Å². The predicted octanol–water partition coefficient (Wildman–Crippen LogP) is 3.16.